The van der Waals surface area contributed by atoms with Crippen LogP contribution in [0.5, 0.6) is 0 Å². The molecule has 0 bridgehead atoms. The van der Waals surface area contributed by atoms with Crippen LogP contribution >= 0.6 is 0 Å². The second kappa shape index (κ2) is 5.19. The van der Waals surface area contributed by atoms with Gasteiger partial charge in [-0.25, -0.2) is 18.4 Å². The van der Waals surface area contributed by atoms with Gasteiger partial charge in [0.25, 0.3) is 0 Å². The first-order valence-corrected chi connectivity index (χ1v) is 7.80. The van der Waals surface area contributed by atoms with Crippen LogP contribution in [0.2, 0.25) is 0 Å². The molecule has 18 heavy (non-hydrogen) atoms. The fraction of sp³-hybridized carbons (Fsp3) is 0.636. The topological polar surface area (TPSA) is 89.2 Å². The number of rotatable bonds is 3. The van der Waals surface area contributed by atoms with Crippen molar-refractivity contribution in [3.05, 3.63) is 18.0 Å². The molecule has 2 N–H and O–H groups in total. The molecule has 2 heterocycles. The summed E-state index contributed by atoms with van der Waals surface area (Å²) >= 11 is 0. The maximum Gasteiger partial charge on any atom is 0.225 e. The average molecular weight is 270 g/mol. The Morgan fingerprint density at radius 1 is 1.33 bits per heavy atom. The zero-order valence-electron chi connectivity index (χ0n) is 10.4. The summed E-state index contributed by atoms with van der Waals surface area (Å²) in [6.45, 7) is 2.87. The monoisotopic (exact) mass is 270 g/mol. The molecule has 1 aliphatic heterocycles. The first-order valence-electron chi connectivity index (χ1n) is 5.98. The van der Waals surface area contributed by atoms with Crippen LogP contribution in [0.15, 0.2) is 12.4 Å². The summed E-state index contributed by atoms with van der Waals surface area (Å²) in [6, 6.07) is 0.0829. The standard InChI is InChI=1S/C11H18N4O2S/c1-9(12)6-10-7-13-11(14-8-10)15-2-4-18(16,17)5-3-15/h7-9H,2-6,12H2,1H3. The lowest BCUT2D eigenvalue weighted by atomic mass is 10.1. The average Bonchev–Trinajstić information content (AvgIpc) is 2.30. The summed E-state index contributed by atoms with van der Waals surface area (Å²) in [7, 11) is -2.86. The number of sulfone groups is 1. The van der Waals surface area contributed by atoms with Crippen molar-refractivity contribution >= 4 is 15.8 Å². The molecule has 6 nitrogen and oxygen atoms in total. The lowest BCUT2D eigenvalue weighted by Gasteiger charge is -2.26. The first-order chi connectivity index (χ1) is 8.46. The highest BCUT2D eigenvalue weighted by atomic mass is 32.2. The minimum Gasteiger partial charge on any atom is -0.339 e. The predicted octanol–water partition coefficient (Wildman–Crippen LogP) is -0.399. The van der Waals surface area contributed by atoms with Crippen LogP contribution < -0.4 is 10.6 Å². The minimum atomic E-state index is -2.86. The van der Waals surface area contributed by atoms with Crippen LogP contribution in [0.3, 0.4) is 0 Å². The van der Waals surface area contributed by atoms with E-state index in [1.54, 1.807) is 12.4 Å². The maximum atomic E-state index is 11.3. The van der Waals surface area contributed by atoms with Crippen molar-refractivity contribution in [2.45, 2.75) is 19.4 Å². The predicted molar refractivity (Wildman–Crippen MR) is 70.3 cm³/mol. The maximum absolute atomic E-state index is 11.3. The van der Waals surface area contributed by atoms with Crippen LogP contribution in [-0.2, 0) is 16.3 Å². The second-order valence-electron chi connectivity index (χ2n) is 4.71. The number of hydrogen-bond acceptors (Lipinski definition) is 6. The van der Waals surface area contributed by atoms with Gasteiger partial charge in [-0.3, -0.25) is 0 Å². The SMILES string of the molecule is CC(N)Cc1cnc(N2CCS(=O)(=O)CC2)nc1. The van der Waals surface area contributed by atoms with E-state index in [9.17, 15) is 8.42 Å². The summed E-state index contributed by atoms with van der Waals surface area (Å²) in [5, 5.41) is 0. The molecule has 0 amide bonds. The van der Waals surface area contributed by atoms with E-state index < -0.39 is 9.84 Å². The quantitative estimate of drug-likeness (QED) is 0.804. The number of nitrogens with zero attached hydrogens (tertiary/aromatic N) is 3. The van der Waals surface area contributed by atoms with Crippen molar-refractivity contribution in [3.8, 4) is 0 Å². The molecule has 1 aliphatic rings. The lowest BCUT2D eigenvalue weighted by Crippen LogP contribution is -2.41. The Balaban J connectivity index is 2.02. The van der Waals surface area contributed by atoms with Gasteiger partial charge in [0.2, 0.25) is 5.95 Å². The molecule has 1 aromatic rings. The summed E-state index contributed by atoms with van der Waals surface area (Å²) in [5.74, 6) is 0.953. The van der Waals surface area contributed by atoms with E-state index in [0.717, 1.165) is 12.0 Å². The van der Waals surface area contributed by atoms with Gasteiger partial charge < -0.3 is 10.6 Å². The lowest BCUT2D eigenvalue weighted by molar-refractivity contribution is 0.585. The number of nitrogens with two attached hydrogens (primary N) is 1. The summed E-state index contributed by atoms with van der Waals surface area (Å²) in [5.41, 5.74) is 6.70. The summed E-state index contributed by atoms with van der Waals surface area (Å²) < 4.78 is 22.6. The van der Waals surface area contributed by atoms with Gasteiger partial charge in [0.15, 0.2) is 9.84 Å². The third-order valence-electron chi connectivity index (χ3n) is 2.88. The van der Waals surface area contributed by atoms with Crippen LogP contribution in [0.1, 0.15) is 12.5 Å². The molecule has 1 fully saturated rings. The third-order valence-corrected chi connectivity index (χ3v) is 4.49. The van der Waals surface area contributed by atoms with E-state index in [1.165, 1.54) is 0 Å². The highest BCUT2D eigenvalue weighted by Crippen LogP contribution is 2.12. The molecule has 1 aromatic heterocycles. The van der Waals surface area contributed by atoms with Crippen LogP contribution in [0.25, 0.3) is 0 Å². The number of hydrogen-bond donors (Lipinski definition) is 1. The molecule has 0 saturated carbocycles. The molecular weight excluding hydrogens is 252 g/mol. The van der Waals surface area contributed by atoms with Crippen molar-refractivity contribution in [2.24, 2.45) is 5.73 Å². The van der Waals surface area contributed by atoms with Gasteiger partial charge >= 0.3 is 0 Å². The Kier molecular flexibility index (Phi) is 3.82. The Bertz CT molecular complexity index is 484. The molecule has 0 spiro atoms. The fourth-order valence-electron chi connectivity index (χ4n) is 1.90. The molecule has 1 saturated heterocycles. The van der Waals surface area contributed by atoms with Crippen molar-refractivity contribution in [1.82, 2.24) is 9.97 Å². The van der Waals surface area contributed by atoms with E-state index in [2.05, 4.69) is 9.97 Å². The molecule has 1 unspecified atom stereocenters. The van der Waals surface area contributed by atoms with Gasteiger partial charge in [0.1, 0.15) is 0 Å². The smallest absolute Gasteiger partial charge is 0.225 e. The Morgan fingerprint density at radius 3 is 2.39 bits per heavy atom. The van der Waals surface area contributed by atoms with Gasteiger partial charge in [-0.05, 0) is 18.9 Å². The Hall–Kier alpha value is -1.21. The summed E-state index contributed by atoms with van der Waals surface area (Å²) in [4.78, 5) is 10.4. The molecule has 100 valence electrons. The van der Waals surface area contributed by atoms with Gasteiger partial charge in [-0.1, -0.05) is 0 Å². The van der Waals surface area contributed by atoms with E-state index >= 15 is 0 Å². The number of anilines is 1. The van der Waals surface area contributed by atoms with E-state index in [-0.39, 0.29) is 17.5 Å². The molecule has 0 aromatic carbocycles. The summed E-state index contributed by atoms with van der Waals surface area (Å²) in [6.07, 6.45) is 4.26. The van der Waals surface area contributed by atoms with Crippen molar-refractivity contribution in [3.63, 3.8) is 0 Å². The normalized spacial score (nSPS) is 20.7. The highest BCUT2D eigenvalue weighted by Gasteiger charge is 2.23. The zero-order valence-corrected chi connectivity index (χ0v) is 11.2. The molecular formula is C11H18N4O2S. The minimum absolute atomic E-state index is 0.0829. The second-order valence-corrected chi connectivity index (χ2v) is 7.02. The van der Waals surface area contributed by atoms with E-state index in [4.69, 9.17) is 5.73 Å². The van der Waals surface area contributed by atoms with Crippen molar-refractivity contribution in [2.75, 3.05) is 29.5 Å². The third kappa shape index (κ3) is 3.39. The van der Waals surface area contributed by atoms with Gasteiger partial charge in [0, 0.05) is 31.5 Å². The Morgan fingerprint density at radius 2 is 1.89 bits per heavy atom. The van der Waals surface area contributed by atoms with Gasteiger partial charge in [-0.15, -0.1) is 0 Å². The van der Waals surface area contributed by atoms with Crippen LogP contribution in [-0.4, -0.2) is 49.0 Å². The molecule has 1 atom stereocenters. The van der Waals surface area contributed by atoms with Crippen molar-refractivity contribution < 1.29 is 8.42 Å². The molecule has 7 heteroatoms. The molecule has 0 aliphatic carbocycles. The van der Waals surface area contributed by atoms with Crippen LogP contribution in [0.4, 0.5) is 5.95 Å². The molecule has 2 rings (SSSR count). The highest BCUT2D eigenvalue weighted by molar-refractivity contribution is 7.91. The fourth-order valence-corrected chi connectivity index (χ4v) is 3.10. The number of aromatic nitrogens is 2. The van der Waals surface area contributed by atoms with E-state index in [1.807, 2.05) is 11.8 Å². The van der Waals surface area contributed by atoms with Gasteiger partial charge in [0.05, 0.1) is 11.5 Å². The van der Waals surface area contributed by atoms with Crippen molar-refractivity contribution in [1.29, 1.82) is 0 Å². The van der Waals surface area contributed by atoms with Crippen LogP contribution in [0, 0.1) is 0 Å². The Labute approximate surface area is 107 Å². The molecule has 0 radical (unpaired) electrons. The van der Waals surface area contributed by atoms with Gasteiger partial charge in [-0.2, -0.15) is 0 Å². The zero-order chi connectivity index (χ0) is 13.2. The largest absolute Gasteiger partial charge is 0.339 e. The van der Waals surface area contributed by atoms with E-state index in [0.29, 0.717) is 19.0 Å². The first kappa shape index (κ1) is 13.2.